The van der Waals surface area contributed by atoms with Gasteiger partial charge < -0.3 is 4.52 Å². The molecule has 0 radical (unpaired) electrons. The van der Waals surface area contributed by atoms with Crippen LogP contribution in [-0.2, 0) is 0 Å². The summed E-state index contributed by atoms with van der Waals surface area (Å²) in [6.45, 7) is 0. The van der Waals surface area contributed by atoms with Crippen LogP contribution in [0.4, 0.5) is 0 Å². The van der Waals surface area contributed by atoms with E-state index in [1.165, 1.54) is 10.8 Å². The van der Waals surface area contributed by atoms with Gasteiger partial charge in [-0.05, 0) is 26.7 Å². The van der Waals surface area contributed by atoms with Gasteiger partial charge in [-0.1, -0.05) is 47.6 Å². The van der Waals surface area contributed by atoms with Gasteiger partial charge in [0.2, 0.25) is 0 Å². The number of nitrogens with zero attached hydrogens (tertiary/aromatic N) is 1. The molecule has 16 heavy (non-hydrogen) atoms. The van der Waals surface area contributed by atoms with Crippen molar-refractivity contribution in [3.8, 4) is 11.3 Å². The van der Waals surface area contributed by atoms with E-state index in [4.69, 9.17) is 4.52 Å². The first kappa shape index (κ1) is 9.60. The van der Waals surface area contributed by atoms with Gasteiger partial charge >= 0.3 is 0 Å². The molecule has 3 aromatic rings. The van der Waals surface area contributed by atoms with Crippen LogP contribution in [-0.4, -0.2) is 5.16 Å². The first-order valence-electron chi connectivity index (χ1n) is 4.95. The number of hydrogen-bond donors (Lipinski definition) is 0. The fourth-order valence-electron chi connectivity index (χ4n) is 1.82. The Morgan fingerprint density at radius 1 is 1.00 bits per heavy atom. The lowest BCUT2D eigenvalue weighted by Gasteiger charge is -2.01. The zero-order chi connectivity index (χ0) is 11.0. The summed E-state index contributed by atoms with van der Waals surface area (Å²) in [5, 5.41) is 6.22. The molecule has 0 unspecified atom stereocenters. The first-order chi connectivity index (χ1) is 7.84. The van der Waals surface area contributed by atoms with Crippen LogP contribution in [0.3, 0.4) is 0 Å². The second-order valence-electron chi connectivity index (χ2n) is 3.54. The normalized spacial score (nSPS) is 10.8. The van der Waals surface area contributed by atoms with Crippen molar-refractivity contribution < 1.29 is 4.52 Å². The molecule has 3 rings (SSSR count). The third-order valence-corrected chi connectivity index (χ3v) is 2.91. The maximum absolute atomic E-state index is 5.26. The molecular weight excluding hydrogens is 266 g/mol. The van der Waals surface area contributed by atoms with Gasteiger partial charge in [-0.3, -0.25) is 0 Å². The van der Waals surface area contributed by atoms with Gasteiger partial charge in [0, 0.05) is 11.6 Å². The van der Waals surface area contributed by atoms with E-state index in [0.717, 1.165) is 15.9 Å². The van der Waals surface area contributed by atoms with E-state index in [9.17, 15) is 0 Å². The van der Waals surface area contributed by atoms with E-state index in [2.05, 4.69) is 39.3 Å². The SMILES string of the molecule is Brc1cc(-c2cccc3ccccc23)on1. The number of hydrogen-bond acceptors (Lipinski definition) is 2. The molecule has 78 valence electrons. The van der Waals surface area contributed by atoms with Gasteiger partial charge in [0.15, 0.2) is 5.76 Å². The molecule has 0 saturated carbocycles. The Morgan fingerprint density at radius 3 is 2.62 bits per heavy atom. The summed E-state index contributed by atoms with van der Waals surface area (Å²) in [5.41, 5.74) is 1.07. The second kappa shape index (κ2) is 3.76. The number of benzene rings is 2. The van der Waals surface area contributed by atoms with E-state index in [0.29, 0.717) is 0 Å². The monoisotopic (exact) mass is 273 g/mol. The molecule has 1 aromatic heterocycles. The van der Waals surface area contributed by atoms with Crippen LogP contribution in [0.5, 0.6) is 0 Å². The summed E-state index contributed by atoms with van der Waals surface area (Å²) in [6.07, 6.45) is 0. The van der Waals surface area contributed by atoms with Crippen LogP contribution in [0, 0.1) is 0 Å². The van der Waals surface area contributed by atoms with Crippen LogP contribution in [0.25, 0.3) is 22.1 Å². The Hall–Kier alpha value is -1.61. The van der Waals surface area contributed by atoms with Gasteiger partial charge in [0.05, 0.1) is 0 Å². The minimum absolute atomic E-state index is 0.718. The molecule has 3 heteroatoms. The fraction of sp³-hybridized carbons (Fsp3) is 0. The summed E-state index contributed by atoms with van der Waals surface area (Å²) < 4.78 is 5.98. The highest BCUT2D eigenvalue weighted by Crippen LogP contribution is 2.29. The van der Waals surface area contributed by atoms with Crippen LogP contribution >= 0.6 is 15.9 Å². The number of halogens is 1. The lowest BCUT2D eigenvalue weighted by molar-refractivity contribution is 0.428. The number of aromatic nitrogens is 1. The Bertz CT molecular complexity index is 640. The molecule has 0 N–H and O–H groups in total. The molecule has 2 nitrogen and oxygen atoms in total. The largest absolute Gasteiger partial charge is 0.355 e. The Balaban J connectivity index is 2.31. The van der Waals surface area contributed by atoms with Crippen molar-refractivity contribution in [1.82, 2.24) is 5.16 Å². The van der Waals surface area contributed by atoms with Crippen molar-refractivity contribution in [2.45, 2.75) is 0 Å². The average molecular weight is 274 g/mol. The zero-order valence-electron chi connectivity index (χ0n) is 8.35. The van der Waals surface area contributed by atoms with Crippen LogP contribution in [0.2, 0.25) is 0 Å². The lowest BCUT2D eigenvalue weighted by atomic mass is 10.0. The topological polar surface area (TPSA) is 26.0 Å². The molecule has 0 aliphatic carbocycles. The highest BCUT2D eigenvalue weighted by molar-refractivity contribution is 9.10. The van der Waals surface area contributed by atoms with Crippen molar-refractivity contribution >= 4 is 26.7 Å². The van der Waals surface area contributed by atoms with Crippen molar-refractivity contribution in [1.29, 1.82) is 0 Å². The quantitative estimate of drug-likeness (QED) is 0.662. The van der Waals surface area contributed by atoms with Gasteiger partial charge in [-0.2, -0.15) is 0 Å². The van der Waals surface area contributed by atoms with Gasteiger partial charge in [0.1, 0.15) is 4.60 Å². The van der Waals surface area contributed by atoms with Crippen LogP contribution in [0.15, 0.2) is 57.7 Å². The minimum Gasteiger partial charge on any atom is -0.355 e. The molecule has 0 saturated heterocycles. The molecule has 2 aromatic carbocycles. The lowest BCUT2D eigenvalue weighted by Crippen LogP contribution is -1.78. The van der Waals surface area contributed by atoms with E-state index in [1.807, 2.05) is 30.3 Å². The molecule has 0 aliphatic heterocycles. The van der Waals surface area contributed by atoms with Gasteiger partial charge in [-0.25, -0.2) is 0 Å². The maximum Gasteiger partial charge on any atom is 0.168 e. The predicted molar refractivity (Wildman–Crippen MR) is 67.1 cm³/mol. The van der Waals surface area contributed by atoms with E-state index in [-0.39, 0.29) is 0 Å². The van der Waals surface area contributed by atoms with E-state index >= 15 is 0 Å². The molecule has 1 heterocycles. The highest BCUT2D eigenvalue weighted by atomic mass is 79.9. The summed E-state index contributed by atoms with van der Waals surface area (Å²) in [7, 11) is 0. The smallest absolute Gasteiger partial charge is 0.168 e. The van der Waals surface area contributed by atoms with Crippen molar-refractivity contribution in [3.05, 3.63) is 53.1 Å². The number of fused-ring (bicyclic) bond motifs is 1. The predicted octanol–water partition coefficient (Wildman–Crippen LogP) is 4.26. The third kappa shape index (κ3) is 1.53. The minimum atomic E-state index is 0.718. The van der Waals surface area contributed by atoms with Gasteiger partial charge in [0.25, 0.3) is 0 Å². The van der Waals surface area contributed by atoms with Crippen molar-refractivity contribution in [3.63, 3.8) is 0 Å². The van der Waals surface area contributed by atoms with Crippen LogP contribution < -0.4 is 0 Å². The molecule has 0 fully saturated rings. The van der Waals surface area contributed by atoms with Crippen molar-refractivity contribution in [2.24, 2.45) is 0 Å². The molecule has 0 atom stereocenters. The second-order valence-corrected chi connectivity index (χ2v) is 4.35. The summed E-state index contributed by atoms with van der Waals surface area (Å²) in [6, 6.07) is 16.3. The first-order valence-corrected chi connectivity index (χ1v) is 5.74. The Morgan fingerprint density at radius 2 is 1.81 bits per heavy atom. The molecule has 0 spiro atoms. The molecule has 0 amide bonds. The molecule has 0 bridgehead atoms. The van der Waals surface area contributed by atoms with Gasteiger partial charge in [-0.15, -0.1) is 0 Å². The zero-order valence-corrected chi connectivity index (χ0v) is 9.94. The summed E-state index contributed by atoms with van der Waals surface area (Å²) in [4.78, 5) is 0. The maximum atomic E-state index is 5.26. The van der Waals surface area contributed by atoms with Crippen molar-refractivity contribution in [2.75, 3.05) is 0 Å². The fourth-order valence-corrected chi connectivity index (χ4v) is 2.10. The third-order valence-electron chi connectivity index (χ3n) is 2.54. The summed E-state index contributed by atoms with van der Waals surface area (Å²) in [5.74, 6) is 0.781. The number of rotatable bonds is 1. The highest BCUT2D eigenvalue weighted by Gasteiger charge is 2.08. The Labute approximate surface area is 101 Å². The molecular formula is C13H8BrNO. The van der Waals surface area contributed by atoms with E-state index < -0.39 is 0 Å². The van der Waals surface area contributed by atoms with E-state index in [1.54, 1.807) is 0 Å². The average Bonchev–Trinajstić information content (AvgIpc) is 2.75. The standard InChI is InChI=1S/C13H8BrNO/c14-13-8-12(16-15-13)11-7-3-5-9-4-1-2-6-10(9)11/h1-8H. The molecule has 0 aliphatic rings. The summed E-state index contributed by atoms with van der Waals surface area (Å²) >= 11 is 3.29. The van der Waals surface area contributed by atoms with Crippen LogP contribution in [0.1, 0.15) is 0 Å². The Kier molecular flexibility index (Phi) is 2.26.